The van der Waals surface area contributed by atoms with Gasteiger partial charge in [-0.25, -0.2) is 9.97 Å². The lowest BCUT2D eigenvalue weighted by molar-refractivity contribution is 0.209. The van der Waals surface area contributed by atoms with Gasteiger partial charge in [0.05, 0.1) is 33.6 Å². The average molecular weight is 409 g/mol. The Morgan fingerprint density at radius 1 is 1.21 bits per heavy atom. The molecule has 0 amide bonds. The molecule has 5 rings (SSSR count). The minimum atomic E-state index is -0.642. The largest absolute Gasteiger partial charge is 0.402 e. The van der Waals surface area contributed by atoms with E-state index in [9.17, 15) is 5.11 Å². The van der Waals surface area contributed by atoms with Crippen molar-refractivity contribution in [2.45, 2.75) is 38.3 Å². The first-order valence-corrected chi connectivity index (χ1v) is 10.8. The number of para-hydroxylation sites is 1. The molecule has 0 aliphatic heterocycles. The van der Waals surface area contributed by atoms with Crippen LogP contribution >= 0.6 is 11.3 Å². The van der Waals surface area contributed by atoms with Crippen LogP contribution in [0.1, 0.15) is 25.0 Å². The quantitative estimate of drug-likeness (QED) is 0.496. The summed E-state index contributed by atoms with van der Waals surface area (Å²) in [7, 11) is 0. The highest BCUT2D eigenvalue weighted by molar-refractivity contribution is 7.21. The summed E-state index contributed by atoms with van der Waals surface area (Å²) in [6, 6.07) is 7.87. The number of hydrogen-bond acceptors (Lipinski definition) is 8. The van der Waals surface area contributed by atoms with Gasteiger partial charge < -0.3 is 21.5 Å². The molecule has 8 heteroatoms. The van der Waals surface area contributed by atoms with Gasteiger partial charge in [-0.1, -0.05) is 12.1 Å². The van der Waals surface area contributed by atoms with Gasteiger partial charge in [-0.05, 0) is 43.9 Å². The third-order valence-corrected chi connectivity index (χ3v) is 6.47. The Labute approximate surface area is 173 Å². The minimum Gasteiger partial charge on any atom is -0.402 e. The van der Waals surface area contributed by atoms with Crippen LogP contribution in [0.3, 0.4) is 0 Å². The van der Waals surface area contributed by atoms with E-state index >= 15 is 0 Å². The van der Waals surface area contributed by atoms with Crippen molar-refractivity contribution in [1.29, 1.82) is 0 Å². The smallest absolute Gasteiger partial charge is 0.224 e. The fourth-order valence-corrected chi connectivity index (χ4v) is 4.70. The lowest BCUT2D eigenvalue weighted by Gasteiger charge is -2.20. The molecule has 29 heavy (non-hydrogen) atoms. The van der Waals surface area contributed by atoms with Crippen molar-refractivity contribution >= 4 is 33.3 Å². The molecule has 0 saturated heterocycles. The van der Waals surface area contributed by atoms with Crippen LogP contribution in [0.25, 0.3) is 20.8 Å². The summed E-state index contributed by atoms with van der Waals surface area (Å²) in [6.07, 6.45) is 4.15. The number of anilines is 2. The topological polar surface area (TPSA) is 109 Å². The highest BCUT2D eigenvalue weighted by Crippen LogP contribution is 2.37. The van der Waals surface area contributed by atoms with Gasteiger partial charge >= 0.3 is 0 Å². The number of benzene rings is 1. The van der Waals surface area contributed by atoms with Crippen molar-refractivity contribution in [3.8, 4) is 10.6 Å². The van der Waals surface area contributed by atoms with E-state index in [4.69, 9.17) is 20.7 Å². The summed E-state index contributed by atoms with van der Waals surface area (Å²) >= 11 is 1.62. The monoisotopic (exact) mass is 408 g/mol. The van der Waals surface area contributed by atoms with Crippen molar-refractivity contribution in [2.24, 2.45) is 11.7 Å². The average Bonchev–Trinajstić information content (AvgIpc) is 3.33. The molecule has 2 aliphatic rings. The third kappa shape index (κ3) is 3.77. The maximum absolute atomic E-state index is 10.3. The fraction of sp³-hybridized carbons (Fsp3) is 0.381. The highest BCUT2D eigenvalue weighted by Gasteiger charge is 2.28. The number of thiazole rings is 1. The number of nitrogens with zero attached hydrogens (tertiary/aromatic N) is 3. The number of hydrogen-bond donors (Lipinski definition) is 4. The van der Waals surface area contributed by atoms with Crippen LogP contribution in [0, 0.1) is 12.8 Å². The number of fused-ring (bicyclic) bond motifs is 1. The molecule has 0 spiro atoms. The van der Waals surface area contributed by atoms with Gasteiger partial charge in [0.1, 0.15) is 10.8 Å². The van der Waals surface area contributed by atoms with Gasteiger partial charge in [0.25, 0.3) is 0 Å². The van der Waals surface area contributed by atoms with Gasteiger partial charge in [-0.15, -0.1) is 11.3 Å². The summed E-state index contributed by atoms with van der Waals surface area (Å²) in [5.74, 6) is 2.01. The van der Waals surface area contributed by atoms with Crippen molar-refractivity contribution in [3.05, 3.63) is 41.7 Å². The molecule has 0 radical (unpaired) electrons. The molecule has 3 aromatic rings. The van der Waals surface area contributed by atoms with Crippen LogP contribution in [-0.2, 0) is 0 Å². The number of aliphatic hydroxyl groups excluding tert-OH is 1. The third-order valence-electron chi connectivity index (χ3n) is 5.42. The molecule has 1 saturated carbocycles. The van der Waals surface area contributed by atoms with Gasteiger partial charge in [0.15, 0.2) is 0 Å². The Hall–Kier alpha value is -2.71. The summed E-state index contributed by atoms with van der Waals surface area (Å²) in [6.45, 7) is 2.87. The number of aryl methyl sites for hydroxylation is 1. The molecule has 0 bridgehead atoms. The first kappa shape index (κ1) is 18.3. The molecule has 150 valence electrons. The second-order valence-corrected chi connectivity index (χ2v) is 8.89. The van der Waals surface area contributed by atoms with E-state index < -0.39 is 6.10 Å². The molecule has 2 aromatic heterocycles. The van der Waals surface area contributed by atoms with Crippen LogP contribution in [-0.4, -0.2) is 38.7 Å². The van der Waals surface area contributed by atoms with Crippen molar-refractivity contribution in [1.82, 2.24) is 15.0 Å². The summed E-state index contributed by atoms with van der Waals surface area (Å²) in [4.78, 5) is 14.3. The zero-order valence-corrected chi connectivity index (χ0v) is 17.0. The van der Waals surface area contributed by atoms with E-state index in [0.29, 0.717) is 23.9 Å². The Kier molecular flexibility index (Phi) is 4.60. The fourth-order valence-electron chi connectivity index (χ4n) is 3.64. The lowest BCUT2D eigenvalue weighted by Crippen LogP contribution is -2.29. The van der Waals surface area contributed by atoms with Gasteiger partial charge in [0, 0.05) is 18.7 Å². The van der Waals surface area contributed by atoms with Crippen LogP contribution in [0.5, 0.6) is 0 Å². The first-order valence-electron chi connectivity index (χ1n) is 9.96. The molecule has 0 unspecified atom stereocenters. The molecule has 7 nitrogen and oxygen atoms in total. The predicted octanol–water partition coefficient (Wildman–Crippen LogP) is 3.27. The van der Waals surface area contributed by atoms with Crippen LogP contribution in [0.15, 0.2) is 36.0 Å². The van der Waals surface area contributed by atoms with Gasteiger partial charge in [-0.3, -0.25) is 0 Å². The molecular weight excluding hydrogens is 384 g/mol. The standard InChI is InChI=1S/C21H24N6OS/c1-11-18(20-26-14-4-2-3-5-17(14)29-20)19(25-15-8-13(22)9-16(15)28)27-21(24-11)23-10-12-6-7-12/h2-5,9,12,15-16,28H,6-8,10,22H2,1H3,(H2,23,24,25,27)/t15-,16-/m1/s1. The lowest BCUT2D eigenvalue weighted by atomic mass is 10.1. The van der Waals surface area contributed by atoms with Crippen molar-refractivity contribution in [2.75, 3.05) is 17.2 Å². The van der Waals surface area contributed by atoms with E-state index in [0.717, 1.165) is 38.9 Å². The Morgan fingerprint density at radius 2 is 2.03 bits per heavy atom. The maximum atomic E-state index is 10.3. The van der Waals surface area contributed by atoms with Crippen LogP contribution in [0.2, 0.25) is 0 Å². The summed E-state index contributed by atoms with van der Waals surface area (Å²) in [5, 5.41) is 18.0. The Bertz CT molecular complexity index is 1060. The van der Waals surface area contributed by atoms with E-state index in [1.807, 2.05) is 25.1 Å². The Morgan fingerprint density at radius 3 is 2.76 bits per heavy atom. The van der Waals surface area contributed by atoms with E-state index in [2.05, 4.69) is 16.7 Å². The molecule has 2 heterocycles. The van der Waals surface area contributed by atoms with Crippen molar-refractivity contribution in [3.63, 3.8) is 0 Å². The molecule has 1 aromatic carbocycles. The van der Waals surface area contributed by atoms with E-state index in [1.54, 1.807) is 17.4 Å². The predicted molar refractivity (Wildman–Crippen MR) is 117 cm³/mol. The molecule has 5 N–H and O–H groups in total. The summed E-state index contributed by atoms with van der Waals surface area (Å²) < 4.78 is 1.12. The number of nitrogens with one attached hydrogen (secondary N) is 2. The number of nitrogens with two attached hydrogens (primary N) is 1. The van der Waals surface area contributed by atoms with Crippen molar-refractivity contribution < 1.29 is 5.11 Å². The van der Waals surface area contributed by atoms with E-state index in [1.165, 1.54) is 12.8 Å². The molecular formula is C21H24N6OS. The SMILES string of the molecule is Cc1nc(NCC2CC2)nc(N[C@@H]2CC(N)=C[C@H]2O)c1-c1nc2ccccc2s1. The zero-order chi connectivity index (χ0) is 20.0. The number of aliphatic hydroxyl groups is 1. The highest BCUT2D eigenvalue weighted by atomic mass is 32.1. The minimum absolute atomic E-state index is 0.214. The summed E-state index contributed by atoms with van der Waals surface area (Å²) in [5.41, 5.74) is 9.30. The maximum Gasteiger partial charge on any atom is 0.224 e. The Balaban J connectivity index is 1.54. The van der Waals surface area contributed by atoms with Gasteiger partial charge in [-0.2, -0.15) is 4.98 Å². The normalized spacial score (nSPS) is 21.4. The molecule has 2 atom stereocenters. The second-order valence-electron chi connectivity index (χ2n) is 7.85. The van der Waals surface area contributed by atoms with Crippen LogP contribution in [0.4, 0.5) is 11.8 Å². The molecule has 1 fully saturated rings. The second kappa shape index (κ2) is 7.27. The van der Waals surface area contributed by atoms with E-state index in [-0.39, 0.29) is 6.04 Å². The van der Waals surface area contributed by atoms with Crippen LogP contribution < -0.4 is 16.4 Å². The number of aromatic nitrogens is 3. The molecule has 2 aliphatic carbocycles. The number of rotatable bonds is 6. The first-order chi connectivity index (χ1) is 14.1. The van der Waals surface area contributed by atoms with Gasteiger partial charge in [0.2, 0.25) is 5.95 Å². The zero-order valence-electron chi connectivity index (χ0n) is 16.2.